The Balaban J connectivity index is 1.78. The third kappa shape index (κ3) is 4.00. The van der Waals surface area contributed by atoms with Gasteiger partial charge in [0.15, 0.2) is 10.8 Å². The maximum absolute atomic E-state index is 13.5. The van der Waals surface area contributed by atoms with Crippen LogP contribution in [0.3, 0.4) is 0 Å². The minimum Gasteiger partial charge on any atom is -0.478 e. The lowest BCUT2D eigenvalue weighted by Gasteiger charge is -2.40. The highest BCUT2D eigenvalue weighted by molar-refractivity contribution is 7.11. The Morgan fingerprint density at radius 2 is 2.17 bits per heavy atom. The van der Waals surface area contributed by atoms with Gasteiger partial charge in [0.25, 0.3) is 5.92 Å². The number of carboxylic acid groups (broad SMARTS) is 1. The third-order valence-electron chi connectivity index (χ3n) is 4.54. The van der Waals surface area contributed by atoms with Crippen molar-refractivity contribution in [1.29, 1.82) is 0 Å². The number of carboxylic acids is 1. The molecule has 0 radical (unpaired) electrons. The van der Waals surface area contributed by atoms with Crippen LogP contribution in [0.4, 0.5) is 13.2 Å². The molecule has 0 bridgehead atoms. The van der Waals surface area contributed by atoms with E-state index >= 15 is 0 Å². The van der Waals surface area contributed by atoms with Gasteiger partial charge < -0.3 is 10.4 Å². The van der Waals surface area contributed by atoms with Crippen molar-refractivity contribution in [2.75, 3.05) is 19.6 Å². The van der Waals surface area contributed by atoms with Crippen LogP contribution in [0.2, 0.25) is 5.02 Å². The average molecular weight is 443 g/mol. The predicted molar refractivity (Wildman–Crippen MR) is 102 cm³/mol. The molecule has 0 unspecified atom stereocenters. The first-order valence-corrected chi connectivity index (χ1v) is 9.75. The summed E-state index contributed by atoms with van der Waals surface area (Å²) in [5, 5.41) is 15.0. The zero-order chi connectivity index (χ0) is 20.8. The van der Waals surface area contributed by atoms with Gasteiger partial charge in [0.2, 0.25) is 0 Å². The molecule has 0 amide bonds. The van der Waals surface area contributed by atoms with Crippen molar-refractivity contribution in [3.63, 3.8) is 0 Å². The van der Waals surface area contributed by atoms with E-state index in [1.54, 1.807) is 11.6 Å². The fourth-order valence-corrected chi connectivity index (χ4v) is 4.17. The molecule has 1 atom stereocenters. The number of alkyl halides is 2. The van der Waals surface area contributed by atoms with Crippen LogP contribution in [0.1, 0.15) is 16.6 Å². The normalized spacial score (nSPS) is 21.4. The van der Waals surface area contributed by atoms with Gasteiger partial charge >= 0.3 is 5.97 Å². The quantitative estimate of drug-likeness (QED) is 0.742. The summed E-state index contributed by atoms with van der Waals surface area (Å²) in [7, 11) is 0. The number of likely N-dealkylation sites (tertiary alicyclic amines) is 1. The minimum absolute atomic E-state index is 0.0210. The summed E-state index contributed by atoms with van der Waals surface area (Å²) in [5.41, 5.74) is 0.389. The van der Waals surface area contributed by atoms with E-state index in [9.17, 15) is 23.1 Å². The van der Waals surface area contributed by atoms with Gasteiger partial charge in [0.05, 0.1) is 18.7 Å². The molecule has 1 saturated heterocycles. The monoisotopic (exact) mass is 442 g/mol. The van der Waals surface area contributed by atoms with Crippen molar-refractivity contribution in [2.45, 2.75) is 12.0 Å². The topological polar surface area (TPSA) is 77.8 Å². The minimum atomic E-state index is -2.79. The third-order valence-corrected chi connectivity index (χ3v) is 5.65. The second kappa shape index (κ2) is 7.43. The molecule has 152 valence electrons. The largest absolute Gasteiger partial charge is 0.478 e. The van der Waals surface area contributed by atoms with Crippen LogP contribution < -0.4 is 5.32 Å². The van der Waals surface area contributed by atoms with Crippen LogP contribution in [0.5, 0.6) is 0 Å². The standard InChI is InChI=1S/C18H14ClF3N4O2S/c19-11-5-9(20)1-2-10(11)14-13(17(27)28)12(6-26-7-18(21,22)8-26)24-15(25-14)16-23-3-4-29-16/h1-5,14H,6-8H2,(H,24,25)(H,27,28)/t14-/m0/s1. The van der Waals surface area contributed by atoms with Gasteiger partial charge in [-0.05, 0) is 12.1 Å². The SMILES string of the molecule is O=C(O)C1=C(CN2CC(F)(F)C2)NC(c2nccs2)=N[C@H]1c1ccc(F)cc1Cl. The molecule has 2 aromatic rings. The number of carbonyl (C=O) groups is 1. The fraction of sp³-hybridized carbons (Fsp3) is 0.278. The average Bonchev–Trinajstić information content (AvgIpc) is 3.14. The first kappa shape index (κ1) is 19.9. The Hall–Kier alpha value is -2.43. The number of rotatable bonds is 5. The first-order chi connectivity index (χ1) is 13.7. The Morgan fingerprint density at radius 3 is 2.76 bits per heavy atom. The Bertz CT molecular complexity index is 1020. The van der Waals surface area contributed by atoms with Gasteiger partial charge in [0, 0.05) is 34.4 Å². The van der Waals surface area contributed by atoms with Crippen molar-refractivity contribution < 1.29 is 23.1 Å². The molecule has 3 heterocycles. The second-order valence-electron chi connectivity index (χ2n) is 6.71. The molecule has 2 aliphatic heterocycles. The van der Waals surface area contributed by atoms with Crippen LogP contribution in [0.15, 0.2) is 46.0 Å². The molecular weight excluding hydrogens is 429 g/mol. The van der Waals surface area contributed by atoms with E-state index in [0.717, 1.165) is 12.1 Å². The molecule has 0 saturated carbocycles. The molecular formula is C18H14ClF3N4O2S. The summed E-state index contributed by atoms with van der Waals surface area (Å²) >= 11 is 7.45. The fourth-order valence-electron chi connectivity index (χ4n) is 3.31. The molecule has 1 aromatic carbocycles. The molecule has 4 rings (SSSR count). The van der Waals surface area contributed by atoms with Gasteiger partial charge in [-0.25, -0.2) is 22.9 Å². The smallest absolute Gasteiger partial charge is 0.335 e. The molecule has 0 spiro atoms. The number of hydrogen-bond donors (Lipinski definition) is 2. The van der Waals surface area contributed by atoms with Gasteiger partial charge in [-0.15, -0.1) is 11.3 Å². The molecule has 0 aliphatic carbocycles. The Labute approximate surface area is 172 Å². The van der Waals surface area contributed by atoms with E-state index in [2.05, 4.69) is 15.3 Å². The molecule has 29 heavy (non-hydrogen) atoms. The summed E-state index contributed by atoms with van der Waals surface area (Å²) in [5.74, 6) is -4.32. The number of thiazole rings is 1. The Kier molecular flexibility index (Phi) is 5.09. The van der Waals surface area contributed by atoms with E-state index in [1.807, 2.05) is 0 Å². The summed E-state index contributed by atoms with van der Waals surface area (Å²) in [4.78, 5) is 22.1. The van der Waals surface area contributed by atoms with E-state index in [0.29, 0.717) is 16.4 Å². The van der Waals surface area contributed by atoms with Crippen LogP contribution >= 0.6 is 22.9 Å². The number of aliphatic carboxylic acids is 1. The van der Waals surface area contributed by atoms with Crippen LogP contribution in [-0.2, 0) is 4.79 Å². The van der Waals surface area contributed by atoms with Crippen LogP contribution in [-0.4, -0.2) is 52.4 Å². The van der Waals surface area contributed by atoms with Gasteiger partial charge in [-0.3, -0.25) is 9.89 Å². The number of benzene rings is 1. The lowest BCUT2D eigenvalue weighted by Crippen LogP contribution is -2.57. The van der Waals surface area contributed by atoms with Gasteiger partial charge in [-0.2, -0.15) is 0 Å². The van der Waals surface area contributed by atoms with Crippen molar-refractivity contribution in [2.24, 2.45) is 4.99 Å². The number of nitrogens with one attached hydrogen (secondary N) is 1. The number of halogens is 4. The van der Waals surface area contributed by atoms with E-state index in [-0.39, 0.29) is 22.8 Å². The first-order valence-electron chi connectivity index (χ1n) is 8.50. The zero-order valence-corrected chi connectivity index (χ0v) is 16.3. The lowest BCUT2D eigenvalue weighted by atomic mass is 9.94. The second-order valence-corrected chi connectivity index (χ2v) is 8.01. The van der Waals surface area contributed by atoms with Crippen molar-refractivity contribution in [3.8, 4) is 0 Å². The number of aliphatic imine (C=N–C) groups is 1. The zero-order valence-electron chi connectivity index (χ0n) is 14.7. The summed E-state index contributed by atoms with van der Waals surface area (Å²) in [6.45, 7) is -0.954. The van der Waals surface area contributed by atoms with Crippen LogP contribution in [0.25, 0.3) is 0 Å². The molecule has 11 heteroatoms. The number of hydrogen-bond acceptors (Lipinski definition) is 6. The highest BCUT2D eigenvalue weighted by atomic mass is 35.5. The number of aromatic nitrogens is 1. The molecule has 1 aromatic heterocycles. The van der Waals surface area contributed by atoms with E-state index in [4.69, 9.17) is 11.6 Å². The molecule has 2 N–H and O–H groups in total. The molecule has 2 aliphatic rings. The highest BCUT2D eigenvalue weighted by Gasteiger charge is 2.45. The van der Waals surface area contributed by atoms with Crippen LogP contribution in [0, 0.1) is 5.82 Å². The van der Waals surface area contributed by atoms with E-state index < -0.39 is 36.8 Å². The highest BCUT2D eigenvalue weighted by Crippen LogP contribution is 2.37. The number of amidine groups is 1. The van der Waals surface area contributed by atoms with Gasteiger partial charge in [0.1, 0.15) is 11.9 Å². The van der Waals surface area contributed by atoms with Gasteiger partial charge in [-0.1, -0.05) is 17.7 Å². The number of nitrogens with zero attached hydrogens (tertiary/aromatic N) is 3. The molecule has 1 fully saturated rings. The van der Waals surface area contributed by atoms with Crippen molar-refractivity contribution in [3.05, 3.63) is 62.5 Å². The van der Waals surface area contributed by atoms with Crippen molar-refractivity contribution in [1.82, 2.24) is 15.2 Å². The lowest BCUT2D eigenvalue weighted by molar-refractivity contribution is -0.133. The maximum atomic E-state index is 13.5. The Morgan fingerprint density at radius 1 is 1.41 bits per heavy atom. The summed E-state index contributed by atoms with van der Waals surface area (Å²) < 4.78 is 40.0. The van der Waals surface area contributed by atoms with Crippen molar-refractivity contribution >= 4 is 34.7 Å². The summed E-state index contributed by atoms with van der Waals surface area (Å²) in [6, 6.07) is 2.57. The predicted octanol–water partition coefficient (Wildman–Crippen LogP) is 3.32. The maximum Gasteiger partial charge on any atom is 0.335 e. The van der Waals surface area contributed by atoms with E-state index in [1.165, 1.54) is 22.3 Å². The molecule has 6 nitrogen and oxygen atoms in total. The summed E-state index contributed by atoms with van der Waals surface area (Å²) in [6.07, 6.45) is 1.57.